The Balaban J connectivity index is 1.28. The maximum absolute atomic E-state index is 11.1. The van der Waals surface area contributed by atoms with Crippen LogP contribution in [0.1, 0.15) is 90.1 Å². The van der Waals surface area contributed by atoms with Crippen molar-refractivity contribution in [2.24, 2.45) is 23.2 Å². The van der Waals surface area contributed by atoms with E-state index < -0.39 is 18.3 Å². The molecule has 7 atom stereocenters. The molecular weight excluding hydrogens is 462 g/mol. The van der Waals surface area contributed by atoms with Gasteiger partial charge in [-0.1, -0.05) is 57.2 Å². The molecule has 0 amide bonds. The second-order valence-electron chi connectivity index (χ2n) is 12.5. The predicted octanol–water partition coefficient (Wildman–Crippen LogP) is 5.96. The molecule has 5 nitrogen and oxygen atoms in total. The summed E-state index contributed by atoms with van der Waals surface area (Å²) in [5, 5.41) is 31.4. The van der Waals surface area contributed by atoms with E-state index in [9.17, 15) is 15.3 Å². The van der Waals surface area contributed by atoms with Crippen molar-refractivity contribution in [3.8, 4) is 0 Å². The number of aliphatic hydroxyl groups is 3. The van der Waals surface area contributed by atoms with Crippen molar-refractivity contribution < 1.29 is 19.7 Å². The van der Waals surface area contributed by atoms with Gasteiger partial charge in [0.2, 0.25) is 5.89 Å². The molecule has 0 radical (unpaired) electrons. The first-order chi connectivity index (χ1) is 17.7. The van der Waals surface area contributed by atoms with Crippen molar-refractivity contribution in [3.63, 3.8) is 0 Å². The third-order valence-electron chi connectivity index (χ3n) is 10.2. The van der Waals surface area contributed by atoms with E-state index in [0.717, 1.165) is 42.5 Å². The summed E-state index contributed by atoms with van der Waals surface area (Å²) in [6, 6.07) is 0. The van der Waals surface area contributed by atoms with E-state index >= 15 is 0 Å². The number of allylic oxidation sites excluding steroid dienone is 4. The summed E-state index contributed by atoms with van der Waals surface area (Å²) in [6.07, 6.45) is 18.3. The minimum absolute atomic E-state index is 0.246. The number of aromatic nitrogens is 1. The van der Waals surface area contributed by atoms with Crippen LogP contribution in [0.3, 0.4) is 0 Å². The number of oxazole rings is 1. The van der Waals surface area contributed by atoms with Gasteiger partial charge in [0.25, 0.3) is 0 Å². The molecule has 4 saturated carbocycles. The van der Waals surface area contributed by atoms with E-state index in [1.807, 2.05) is 6.08 Å². The molecule has 0 unspecified atom stereocenters. The minimum Gasteiger partial charge on any atom is -0.448 e. The molecule has 3 N–H and O–H groups in total. The van der Waals surface area contributed by atoms with E-state index in [4.69, 9.17) is 4.42 Å². The van der Waals surface area contributed by atoms with Gasteiger partial charge in [-0.15, -0.1) is 0 Å². The average Bonchev–Trinajstić information content (AvgIpc) is 3.39. The smallest absolute Gasteiger partial charge is 0.203 e. The van der Waals surface area contributed by atoms with Crippen LogP contribution >= 0.6 is 0 Å². The summed E-state index contributed by atoms with van der Waals surface area (Å²) in [6.45, 7) is 10.9. The topological polar surface area (TPSA) is 86.7 Å². The molecule has 0 spiro atoms. The normalized spacial score (nSPS) is 37.3. The Morgan fingerprint density at radius 2 is 1.97 bits per heavy atom. The van der Waals surface area contributed by atoms with Gasteiger partial charge in [-0.3, -0.25) is 0 Å². The van der Waals surface area contributed by atoms with Crippen LogP contribution in [0.4, 0.5) is 0 Å². The molecule has 4 fully saturated rings. The molecule has 0 aromatic carbocycles. The summed E-state index contributed by atoms with van der Waals surface area (Å²) in [4.78, 5) is 4.62. The van der Waals surface area contributed by atoms with Crippen LogP contribution in [-0.2, 0) is 11.8 Å². The van der Waals surface area contributed by atoms with Crippen molar-refractivity contribution in [2.75, 3.05) is 0 Å². The molecule has 1 heterocycles. The lowest BCUT2D eigenvalue weighted by molar-refractivity contribution is 0.0862. The van der Waals surface area contributed by atoms with E-state index in [1.165, 1.54) is 31.3 Å². The number of hydrogen-bond acceptors (Lipinski definition) is 5. The van der Waals surface area contributed by atoms with Gasteiger partial charge >= 0.3 is 0 Å². The lowest BCUT2D eigenvalue weighted by Crippen LogP contribution is -2.35. The highest BCUT2D eigenvalue weighted by molar-refractivity contribution is 5.38. The lowest BCUT2D eigenvalue weighted by Gasteiger charge is -2.44. The van der Waals surface area contributed by atoms with E-state index in [-0.39, 0.29) is 10.8 Å². The van der Waals surface area contributed by atoms with Gasteiger partial charge in [0.1, 0.15) is 6.26 Å². The fraction of sp³-hybridized carbons (Fsp3) is 0.656. The maximum atomic E-state index is 11.1. The first kappa shape index (κ1) is 26.6. The first-order valence-corrected chi connectivity index (χ1v) is 14.4. The second-order valence-corrected chi connectivity index (χ2v) is 12.5. The molecule has 4 aliphatic rings. The molecule has 37 heavy (non-hydrogen) atoms. The molecule has 5 rings (SSSR count). The van der Waals surface area contributed by atoms with Crippen LogP contribution in [-0.4, -0.2) is 38.6 Å². The molecule has 4 aliphatic carbocycles. The molecule has 0 saturated heterocycles. The highest BCUT2D eigenvalue weighted by Gasteiger charge is 2.54. The number of rotatable bonds is 7. The number of aryl methyl sites for hydroxylation is 1. The summed E-state index contributed by atoms with van der Waals surface area (Å²) >= 11 is 0. The first-order valence-electron chi connectivity index (χ1n) is 14.4. The SMILES string of the molecule is C=C1/C(=C\C=C2/CCC[C@]3(C)[C@@H]([C@H](C)/C=C/[C@@H](O)C4(c5nc(CC)co5)CC4)CC[C@@H]23)C[C@@H](O)C[C@@H]1O. The maximum Gasteiger partial charge on any atom is 0.203 e. The van der Waals surface area contributed by atoms with E-state index in [0.29, 0.717) is 36.5 Å². The number of fused-ring (bicyclic) bond motifs is 1. The van der Waals surface area contributed by atoms with Crippen LogP contribution in [0.15, 0.2) is 58.3 Å². The predicted molar refractivity (Wildman–Crippen MR) is 146 cm³/mol. The Hall–Kier alpha value is -1.95. The van der Waals surface area contributed by atoms with Crippen molar-refractivity contribution in [2.45, 2.75) is 109 Å². The average molecular weight is 508 g/mol. The van der Waals surface area contributed by atoms with Crippen molar-refractivity contribution >= 4 is 0 Å². The van der Waals surface area contributed by atoms with Gasteiger partial charge in [-0.2, -0.15) is 0 Å². The highest BCUT2D eigenvalue weighted by Crippen LogP contribution is 2.60. The van der Waals surface area contributed by atoms with Gasteiger partial charge in [0, 0.05) is 6.42 Å². The van der Waals surface area contributed by atoms with Crippen molar-refractivity contribution in [1.29, 1.82) is 0 Å². The zero-order chi connectivity index (χ0) is 26.4. The summed E-state index contributed by atoms with van der Waals surface area (Å²) < 4.78 is 5.75. The number of nitrogens with zero attached hydrogens (tertiary/aromatic N) is 1. The fourth-order valence-electron chi connectivity index (χ4n) is 7.68. The highest BCUT2D eigenvalue weighted by atomic mass is 16.3. The number of aliphatic hydroxyl groups excluding tert-OH is 3. The Kier molecular flexibility index (Phi) is 7.43. The van der Waals surface area contributed by atoms with Crippen molar-refractivity contribution in [3.05, 3.63) is 65.5 Å². The van der Waals surface area contributed by atoms with Gasteiger partial charge in [-0.05, 0) is 92.1 Å². The fourth-order valence-corrected chi connectivity index (χ4v) is 7.68. The zero-order valence-electron chi connectivity index (χ0n) is 22.8. The third-order valence-corrected chi connectivity index (χ3v) is 10.2. The molecule has 1 aromatic heterocycles. The Morgan fingerprint density at radius 1 is 1.19 bits per heavy atom. The standard InChI is InChI=1S/C32H45NO4/c1-5-24-19-37-30(33-24)32(15-16-32)29(36)13-8-20(2)26-11-12-27-22(7-6-14-31(26,27)4)9-10-23-17-25(34)18-28(35)21(23)3/h8-10,13,19-20,25-29,34-36H,3,5-7,11-12,14-18H2,1-2,4H3/b13-8+,22-9+,23-10-/t20-,25-,26-,27+,28+,29-,31-/m1/s1. The summed E-state index contributed by atoms with van der Waals surface area (Å²) in [7, 11) is 0. The zero-order valence-corrected chi connectivity index (χ0v) is 22.8. The van der Waals surface area contributed by atoms with Gasteiger partial charge in [-0.25, -0.2) is 4.98 Å². The Bertz CT molecular complexity index is 1090. The molecule has 1 aromatic rings. The monoisotopic (exact) mass is 507 g/mol. The Morgan fingerprint density at radius 3 is 2.68 bits per heavy atom. The quantitative estimate of drug-likeness (QED) is 0.396. The van der Waals surface area contributed by atoms with E-state index in [2.05, 4.69) is 50.6 Å². The molecule has 0 bridgehead atoms. The van der Waals surface area contributed by atoms with Crippen LogP contribution in [0.5, 0.6) is 0 Å². The van der Waals surface area contributed by atoms with Crippen LogP contribution in [0.2, 0.25) is 0 Å². The minimum atomic E-state index is -0.643. The van der Waals surface area contributed by atoms with Gasteiger partial charge in [0.15, 0.2) is 0 Å². The van der Waals surface area contributed by atoms with Crippen molar-refractivity contribution in [1.82, 2.24) is 4.98 Å². The number of hydrogen-bond donors (Lipinski definition) is 3. The van der Waals surface area contributed by atoms with Crippen LogP contribution in [0.25, 0.3) is 0 Å². The van der Waals surface area contributed by atoms with Gasteiger partial charge in [0.05, 0.1) is 29.4 Å². The molecule has 0 aliphatic heterocycles. The van der Waals surface area contributed by atoms with E-state index in [1.54, 1.807) is 6.26 Å². The van der Waals surface area contributed by atoms with Crippen LogP contribution in [0, 0.1) is 23.2 Å². The van der Waals surface area contributed by atoms with Gasteiger partial charge < -0.3 is 19.7 Å². The molecule has 202 valence electrons. The van der Waals surface area contributed by atoms with Crippen LogP contribution < -0.4 is 0 Å². The molecule has 5 heteroatoms. The summed E-state index contributed by atoms with van der Waals surface area (Å²) in [5.41, 5.74) is 4.10. The largest absolute Gasteiger partial charge is 0.448 e. The second kappa shape index (κ2) is 10.3. The lowest BCUT2D eigenvalue weighted by atomic mass is 9.61. The Labute approximate surface area is 222 Å². The molecular formula is C32H45NO4. The third kappa shape index (κ3) is 4.95. The summed E-state index contributed by atoms with van der Waals surface area (Å²) in [5.74, 6) is 2.22.